The Kier molecular flexibility index (Phi) is 6.40. The molecule has 0 spiro atoms. The first kappa shape index (κ1) is 22.2. The van der Waals surface area contributed by atoms with Gasteiger partial charge in [-0.25, -0.2) is 0 Å². The molecule has 0 aliphatic heterocycles. The Labute approximate surface area is 231 Å². The monoisotopic (exact) mass is 526 g/mol. The van der Waals surface area contributed by atoms with Crippen molar-refractivity contribution in [2.24, 2.45) is 11.1 Å². The van der Waals surface area contributed by atoms with Gasteiger partial charge in [-0.15, -0.1) is 0 Å². The predicted octanol–water partition coefficient (Wildman–Crippen LogP) is 5.18. The summed E-state index contributed by atoms with van der Waals surface area (Å²) in [6.07, 6.45) is 0.581. The van der Waals surface area contributed by atoms with Gasteiger partial charge in [0, 0.05) is 12.1 Å². The Morgan fingerprint density at radius 2 is 1.51 bits per heavy atom. The third kappa shape index (κ3) is 5.70. The van der Waals surface area contributed by atoms with E-state index in [4.69, 9.17) is 24.1 Å². The fourth-order valence-electron chi connectivity index (χ4n) is 4.18. The Morgan fingerprint density at radius 3 is 2.10 bits per heavy atom. The van der Waals surface area contributed by atoms with Gasteiger partial charge in [0.25, 0.3) is 0 Å². The summed E-state index contributed by atoms with van der Waals surface area (Å²) < 4.78 is 39.6. The summed E-state index contributed by atoms with van der Waals surface area (Å²) in [7, 11) is -2.75. The summed E-state index contributed by atoms with van der Waals surface area (Å²) >= 11 is 0. The first-order chi connectivity index (χ1) is 20.1. The van der Waals surface area contributed by atoms with E-state index >= 15 is 0 Å². The SMILES string of the molecule is [2H]C([2H])([2H])Oc1cccc(N(C(=O)C2(C(N)=O)CC2)c2ccc(OCc3ccccc3)c(OCc3ccccc3)c2)n1. The number of methoxy groups -OCH3 is 1. The molecule has 4 aromatic rings. The molecule has 2 N–H and O–H groups in total. The number of ether oxygens (including phenoxy) is 3. The second-order valence-corrected chi connectivity index (χ2v) is 9.20. The van der Waals surface area contributed by atoms with Crippen LogP contribution in [0.3, 0.4) is 0 Å². The number of benzene rings is 3. The third-order valence-corrected chi connectivity index (χ3v) is 6.54. The maximum atomic E-state index is 13.9. The molecule has 0 saturated heterocycles. The van der Waals surface area contributed by atoms with E-state index in [2.05, 4.69) is 4.98 Å². The van der Waals surface area contributed by atoms with Crippen molar-refractivity contribution in [1.29, 1.82) is 0 Å². The number of carbonyl (C=O) groups excluding carboxylic acids is 2. The van der Waals surface area contributed by atoms with Crippen molar-refractivity contribution < 1.29 is 27.9 Å². The molecule has 1 aliphatic carbocycles. The molecule has 8 heteroatoms. The van der Waals surface area contributed by atoms with E-state index in [9.17, 15) is 9.59 Å². The smallest absolute Gasteiger partial charge is 0.248 e. The van der Waals surface area contributed by atoms with Crippen LogP contribution in [0.5, 0.6) is 17.4 Å². The van der Waals surface area contributed by atoms with Crippen LogP contribution in [-0.4, -0.2) is 23.8 Å². The second kappa shape index (κ2) is 11.3. The predicted molar refractivity (Wildman–Crippen MR) is 147 cm³/mol. The molecule has 5 rings (SSSR count). The number of nitrogens with two attached hydrogens (primary N) is 1. The number of anilines is 2. The zero-order valence-electron chi connectivity index (χ0n) is 24.1. The topological polar surface area (TPSA) is 104 Å². The van der Waals surface area contributed by atoms with E-state index < -0.39 is 24.3 Å². The molecular formula is C31H29N3O5. The van der Waals surface area contributed by atoms with Crippen molar-refractivity contribution >= 4 is 23.3 Å². The Bertz CT molecular complexity index is 1560. The first-order valence-corrected chi connectivity index (χ1v) is 12.4. The summed E-state index contributed by atoms with van der Waals surface area (Å²) in [5.74, 6) is -0.687. The summed E-state index contributed by atoms with van der Waals surface area (Å²) in [6, 6.07) is 28.5. The Hall–Kier alpha value is -4.85. The van der Waals surface area contributed by atoms with Gasteiger partial charge in [0.1, 0.15) is 24.4 Å². The van der Waals surface area contributed by atoms with E-state index in [-0.39, 0.29) is 24.9 Å². The van der Waals surface area contributed by atoms with Crippen molar-refractivity contribution in [2.75, 3.05) is 11.9 Å². The number of carbonyl (C=O) groups is 2. The van der Waals surface area contributed by atoms with Gasteiger partial charge in [-0.05, 0) is 42.2 Å². The molecule has 1 heterocycles. The zero-order chi connectivity index (χ0) is 29.7. The van der Waals surface area contributed by atoms with Crippen LogP contribution < -0.4 is 24.8 Å². The highest BCUT2D eigenvalue weighted by Gasteiger charge is 2.57. The van der Waals surface area contributed by atoms with Crippen molar-refractivity contribution in [3.8, 4) is 17.4 Å². The molecule has 1 aromatic heterocycles. The minimum absolute atomic E-state index is 0.0567. The molecule has 39 heavy (non-hydrogen) atoms. The number of pyridine rings is 1. The lowest BCUT2D eigenvalue weighted by molar-refractivity contribution is -0.133. The minimum Gasteiger partial charge on any atom is -0.485 e. The van der Waals surface area contributed by atoms with Gasteiger partial charge < -0.3 is 19.9 Å². The number of nitrogens with zero attached hydrogens (tertiary/aromatic N) is 2. The van der Waals surface area contributed by atoms with Crippen LogP contribution in [0.15, 0.2) is 97.1 Å². The lowest BCUT2D eigenvalue weighted by atomic mass is 10.0. The maximum absolute atomic E-state index is 13.9. The van der Waals surface area contributed by atoms with Gasteiger partial charge in [-0.1, -0.05) is 66.7 Å². The summed E-state index contributed by atoms with van der Waals surface area (Å²) in [6.45, 7) is 0.511. The van der Waals surface area contributed by atoms with Crippen LogP contribution >= 0.6 is 0 Å². The van der Waals surface area contributed by atoms with Crippen LogP contribution in [0.2, 0.25) is 0 Å². The Balaban J connectivity index is 1.54. The molecule has 1 aliphatic rings. The quantitative estimate of drug-likeness (QED) is 0.270. The van der Waals surface area contributed by atoms with Gasteiger partial charge in [0.2, 0.25) is 17.7 Å². The summed E-state index contributed by atoms with van der Waals surface area (Å²) in [5.41, 5.74) is 6.46. The molecule has 1 fully saturated rings. The average molecular weight is 527 g/mol. The highest BCUT2D eigenvalue weighted by Crippen LogP contribution is 2.49. The molecular weight excluding hydrogens is 494 g/mol. The standard InChI is InChI=1S/C31H29N3O5/c1-37-28-14-8-13-27(33-28)34(30(36)31(17-18-31)29(32)35)24-15-16-25(38-20-22-9-4-2-5-10-22)26(19-24)39-21-23-11-6-3-7-12-23/h2-16,19H,17-18,20-21H2,1H3,(H2,32,35)/i1D3. The first-order valence-electron chi connectivity index (χ1n) is 13.9. The molecule has 0 bridgehead atoms. The van der Waals surface area contributed by atoms with Crippen LogP contribution in [0.4, 0.5) is 11.5 Å². The maximum Gasteiger partial charge on any atom is 0.248 e. The van der Waals surface area contributed by atoms with E-state index in [1.807, 2.05) is 60.7 Å². The molecule has 0 atom stereocenters. The Morgan fingerprint density at radius 1 is 0.872 bits per heavy atom. The molecule has 8 nitrogen and oxygen atoms in total. The normalized spacial score (nSPS) is 14.7. The number of primary amides is 1. The van der Waals surface area contributed by atoms with Crippen LogP contribution in [0, 0.1) is 5.41 Å². The van der Waals surface area contributed by atoms with Crippen LogP contribution in [-0.2, 0) is 22.8 Å². The molecule has 0 radical (unpaired) electrons. The van der Waals surface area contributed by atoms with Crippen LogP contribution in [0.25, 0.3) is 0 Å². The van der Waals surface area contributed by atoms with Gasteiger partial charge in [-0.3, -0.25) is 14.5 Å². The number of hydrogen-bond donors (Lipinski definition) is 1. The molecule has 3 aromatic carbocycles. The second-order valence-electron chi connectivity index (χ2n) is 9.20. The number of amides is 2. The number of hydrogen-bond acceptors (Lipinski definition) is 6. The molecule has 0 unspecified atom stereocenters. The van der Waals surface area contributed by atoms with E-state index in [0.717, 1.165) is 11.1 Å². The van der Waals surface area contributed by atoms with E-state index in [1.54, 1.807) is 18.2 Å². The fraction of sp³-hybridized carbons (Fsp3) is 0.194. The van der Waals surface area contributed by atoms with Crippen molar-refractivity contribution in [1.82, 2.24) is 4.98 Å². The number of aromatic nitrogens is 1. The van der Waals surface area contributed by atoms with Crippen molar-refractivity contribution in [2.45, 2.75) is 26.1 Å². The van der Waals surface area contributed by atoms with Crippen LogP contribution in [0.1, 0.15) is 28.1 Å². The van der Waals surface area contributed by atoms with Gasteiger partial charge in [0.15, 0.2) is 11.5 Å². The highest BCUT2D eigenvalue weighted by molar-refractivity contribution is 6.16. The number of rotatable bonds is 11. The highest BCUT2D eigenvalue weighted by atomic mass is 16.5. The van der Waals surface area contributed by atoms with E-state index in [1.165, 1.54) is 23.1 Å². The zero-order valence-corrected chi connectivity index (χ0v) is 21.1. The molecule has 198 valence electrons. The molecule has 2 amide bonds. The van der Waals surface area contributed by atoms with Crippen molar-refractivity contribution in [3.63, 3.8) is 0 Å². The lowest BCUT2D eigenvalue weighted by Crippen LogP contribution is -2.41. The van der Waals surface area contributed by atoms with Crippen molar-refractivity contribution in [3.05, 3.63) is 108 Å². The summed E-state index contributed by atoms with van der Waals surface area (Å²) in [4.78, 5) is 31.8. The van der Waals surface area contributed by atoms with Gasteiger partial charge in [0.05, 0.1) is 16.8 Å². The molecule has 1 saturated carbocycles. The largest absolute Gasteiger partial charge is 0.485 e. The van der Waals surface area contributed by atoms with E-state index in [0.29, 0.717) is 30.0 Å². The minimum atomic E-state index is -2.75. The lowest BCUT2D eigenvalue weighted by Gasteiger charge is -2.26. The average Bonchev–Trinajstić information content (AvgIpc) is 3.79. The summed E-state index contributed by atoms with van der Waals surface area (Å²) in [5, 5.41) is 0. The van der Waals surface area contributed by atoms with Gasteiger partial charge >= 0.3 is 0 Å². The third-order valence-electron chi connectivity index (χ3n) is 6.54. The van der Waals surface area contributed by atoms with Gasteiger partial charge in [-0.2, -0.15) is 4.98 Å². The fourth-order valence-corrected chi connectivity index (χ4v) is 4.18.